The standard InChI is InChI=1S/C6H8Cl2N2/c1-3-4-9-5(7)6(8)10(4)2/h3H2,1-2H3/p+1. The normalized spacial score (nSPS) is 10.4. The molecule has 0 aliphatic carbocycles. The first-order valence-corrected chi connectivity index (χ1v) is 3.84. The Hall–Kier alpha value is -0.210. The molecule has 1 heterocycles. The zero-order valence-corrected chi connectivity index (χ0v) is 7.42. The highest BCUT2D eigenvalue weighted by Gasteiger charge is 2.16. The number of nitrogens with zero attached hydrogens (tertiary/aromatic N) is 1. The molecule has 1 rings (SSSR count). The predicted molar refractivity (Wildman–Crippen MR) is 41.4 cm³/mol. The molecule has 0 unspecified atom stereocenters. The van der Waals surface area contributed by atoms with Gasteiger partial charge in [0.25, 0.3) is 16.1 Å². The molecule has 0 amide bonds. The number of imidazole rings is 1. The van der Waals surface area contributed by atoms with Gasteiger partial charge in [0, 0.05) is 6.42 Å². The fourth-order valence-electron chi connectivity index (χ4n) is 0.853. The van der Waals surface area contributed by atoms with Crippen LogP contribution >= 0.6 is 23.2 Å². The molecule has 1 N–H and O–H groups in total. The number of nitrogens with one attached hydrogen (secondary N) is 1. The van der Waals surface area contributed by atoms with Crippen molar-refractivity contribution in [1.82, 2.24) is 4.98 Å². The highest BCUT2D eigenvalue weighted by Crippen LogP contribution is 2.15. The second-order valence-electron chi connectivity index (χ2n) is 2.09. The van der Waals surface area contributed by atoms with E-state index in [1.165, 1.54) is 0 Å². The first kappa shape index (κ1) is 7.89. The van der Waals surface area contributed by atoms with Crippen molar-refractivity contribution in [3.8, 4) is 0 Å². The summed E-state index contributed by atoms with van der Waals surface area (Å²) >= 11 is 11.5. The van der Waals surface area contributed by atoms with Gasteiger partial charge in [-0.05, 0) is 23.2 Å². The van der Waals surface area contributed by atoms with E-state index < -0.39 is 0 Å². The fourth-order valence-corrected chi connectivity index (χ4v) is 1.24. The molecule has 2 nitrogen and oxygen atoms in total. The van der Waals surface area contributed by atoms with E-state index in [2.05, 4.69) is 4.98 Å². The summed E-state index contributed by atoms with van der Waals surface area (Å²) in [5.74, 6) is 1.04. The first-order valence-electron chi connectivity index (χ1n) is 3.08. The molecule has 0 saturated carbocycles. The van der Waals surface area contributed by atoms with Crippen LogP contribution in [0.4, 0.5) is 0 Å². The Labute approximate surface area is 69.8 Å². The Morgan fingerprint density at radius 2 is 2.10 bits per heavy atom. The topological polar surface area (TPSA) is 19.7 Å². The van der Waals surface area contributed by atoms with Crippen molar-refractivity contribution in [1.29, 1.82) is 0 Å². The summed E-state index contributed by atoms with van der Waals surface area (Å²) < 4.78 is 1.84. The van der Waals surface area contributed by atoms with Gasteiger partial charge in [0.1, 0.15) is 0 Å². The Morgan fingerprint density at radius 1 is 1.50 bits per heavy atom. The van der Waals surface area contributed by atoms with E-state index in [1.54, 1.807) is 0 Å². The van der Waals surface area contributed by atoms with Crippen LogP contribution in [0, 0.1) is 0 Å². The van der Waals surface area contributed by atoms with Crippen LogP contribution in [0.2, 0.25) is 10.3 Å². The van der Waals surface area contributed by atoms with Crippen LogP contribution in [0.3, 0.4) is 0 Å². The molecule has 0 saturated heterocycles. The molecule has 0 atom stereocenters. The molecule has 0 aromatic carbocycles. The molecule has 1 aromatic rings. The quantitative estimate of drug-likeness (QED) is 0.634. The molecule has 0 bridgehead atoms. The molecule has 0 fully saturated rings. The van der Waals surface area contributed by atoms with Crippen molar-refractivity contribution in [2.45, 2.75) is 13.3 Å². The van der Waals surface area contributed by atoms with E-state index in [0.29, 0.717) is 10.3 Å². The molecule has 1 aromatic heterocycles. The van der Waals surface area contributed by atoms with Crippen molar-refractivity contribution >= 4 is 23.2 Å². The Balaban J connectivity index is 3.17. The van der Waals surface area contributed by atoms with Crippen LogP contribution in [0.15, 0.2) is 0 Å². The summed E-state index contributed by atoms with van der Waals surface area (Å²) in [6, 6.07) is 0. The number of rotatable bonds is 1. The molecular formula is C6H9Cl2N2+. The van der Waals surface area contributed by atoms with Gasteiger partial charge in [0.2, 0.25) is 0 Å². The first-order chi connectivity index (χ1) is 4.66. The second-order valence-corrected chi connectivity index (χ2v) is 2.83. The largest absolute Gasteiger partial charge is 0.256 e. The monoisotopic (exact) mass is 179 g/mol. The van der Waals surface area contributed by atoms with Gasteiger partial charge in [-0.25, -0.2) is 9.55 Å². The maximum atomic E-state index is 5.78. The molecule has 0 aliphatic rings. The van der Waals surface area contributed by atoms with Crippen molar-refractivity contribution in [3.05, 3.63) is 16.1 Å². The number of hydrogen-bond acceptors (Lipinski definition) is 0. The van der Waals surface area contributed by atoms with Crippen LogP contribution < -0.4 is 4.57 Å². The van der Waals surface area contributed by atoms with Gasteiger partial charge in [-0.3, -0.25) is 0 Å². The minimum atomic E-state index is 0.515. The Kier molecular flexibility index (Phi) is 2.21. The van der Waals surface area contributed by atoms with Gasteiger partial charge in [-0.1, -0.05) is 6.92 Å². The van der Waals surface area contributed by atoms with Gasteiger partial charge in [0.05, 0.1) is 7.05 Å². The summed E-state index contributed by atoms with van der Waals surface area (Å²) in [6.45, 7) is 2.04. The predicted octanol–water partition coefficient (Wildman–Crippen LogP) is 1.71. The van der Waals surface area contributed by atoms with Gasteiger partial charge in [-0.15, -0.1) is 0 Å². The maximum absolute atomic E-state index is 5.78. The smallest absolute Gasteiger partial charge is 0.230 e. The molecule has 0 aliphatic heterocycles. The van der Waals surface area contributed by atoms with E-state index >= 15 is 0 Å². The lowest BCUT2D eigenvalue weighted by molar-refractivity contribution is -0.675. The number of hydrogen-bond donors (Lipinski definition) is 1. The SMILES string of the molecule is CCc1[nH]c(Cl)c(Cl)[n+]1C. The summed E-state index contributed by atoms with van der Waals surface area (Å²) in [5.41, 5.74) is 0. The van der Waals surface area contributed by atoms with Crippen LogP contribution in [-0.4, -0.2) is 4.98 Å². The van der Waals surface area contributed by atoms with Gasteiger partial charge < -0.3 is 0 Å². The molecule has 10 heavy (non-hydrogen) atoms. The number of aryl methyl sites for hydroxylation is 1. The highest BCUT2D eigenvalue weighted by molar-refractivity contribution is 6.39. The van der Waals surface area contributed by atoms with Crippen LogP contribution in [0.5, 0.6) is 0 Å². The molecule has 0 spiro atoms. The van der Waals surface area contributed by atoms with Crippen LogP contribution in [0.1, 0.15) is 12.7 Å². The molecule has 0 radical (unpaired) electrons. The van der Waals surface area contributed by atoms with E-state index in [4.69, 9.17) is 23.2 Å². The second kappa shape index (κ2) is 2.81. The van der Waals surface area contributed by atoms with Gasteiger partial charge in [-0.2, -0.15) is 0 Å². The third kappa shape index (κ3) is 1.13. The van der Waals surface area contributed by atoms with Crippen molar-refractivity contribution < 1.29 is 4.57 Å². The fraction of sp³-hybridized carbons (Fsp3) is 0.500. The number of aromatic amines is 1. The Morgan fingerprint density at radius 3 is 2.30 bits per heavy atom. The Bertz CT molecular complexity index is 242. The van der Waals surface area contributed by atoms with E-state index in [-0.39, 0.29) is 0 Å². The third-order valence-electron chi connectivity index (χ3n) is 1.47. The summed E-state index contributed by atoms with van der Waals surface area (Å²) in [5, 5.41) is 1.08. The number of aromatic nitrogens is 2. The van der Waals surface area contributed by atoms with E-state index in [1.807, 2.05) is 18.5 Å². The van der Waals surface area contributed by atoms with Crippen molar-refractivity contribution in [3.63, 3.8) is 0 Å². The summed E-state index contributed by atoms with van der Waals surface area (Å²) in [6.07, 6.45) is 0.906. The zero-order valence-electron chi connectivity index (χ0n) is 5.91. The average molecular weight is 180 g/mol. The number of H-pyrrole nitrogens is 1. The van der Waals surface area contributed by atoms with E-state index in [0.717, 1.165) is 12.2 Å². The molecule has 56 valence electrons. The number of halogens is 2. The van der Waals surface area contributed by atoms with Crippen molar-refractivity contribution in [2.24, 2.45) is 7.05 Å². The minimum absolute atomic E-state index is 0.515. The highest BCUT2D eigenvalue weighted by atomic mass is 35.5. The minimum Gasteiger partial charge on any atom is -0.230 e. The lowest BCUT2D eigenvalue weighted by Gasteiger charge is -1.86. The van der Waals surface area contributed by atoms with E-state index in [9.17, 15) is 0 Å². The van der Waals surface area contributed by atoms with Crippen molar-refractivity contribution in [2.75, 3.05) is 0 Å². The van der Waals surface area contributed by atoms with Crippen LogP contribution in [0.25, 0.3) is 0 Å². The average Bonchev–Trinajstić information content (AvgIpc) is 2.17. The molecular weight excluding hydrogens is 171 g/mol. The molecule has 4 heteroatoms. The maximum Gasteiger partial charge on any atom is 0.256 e. The third-order valence-corrected chi connectivity index (χ3v) is 2.28. The van der Waals surface area contributed by atoms with Gasteiger partial charge >= 0.3 is 0 Å². The lowest BCUT2D eigenvalue weighted by atomic mass is 10.5. The van der Waals surface area contributed by atoms with Gasteiger partial charge in [0.15, 0.2) is 0 Å². The summed E-state index contributed by atoms with van der Waals surface area (Å²) in [4.78, 5) is 2.96. The zero-order chi connectivity index (χ0) is 7.72. The summed E-state index contributed by atoms with van der Waals surface area (Å²) in [7, 11) is 1.88. The lowest BCUT2D eigenvalue weighted by Crippen LogP contribution is -2.31. The van der Waals surface area contributed by atoms with Crippen LogP contribution in [-0.2, 0) is 13.5 Å².